The van der Waals surface area contributed by atoms with Crippen molar-refractivity contribution < 1.29 is 17.5 Å². The summed E-state index contributed by atoms with van der Waals surface area (Å²) in [6, 6.07) is 14.0. The lowest BCUT2D eigenvalue weighted by Crippen LogP contribution is -2.54. The predicted molar refractivity (Wildman–Crippen MR) is 115 cm³/mol. The third kappa shape index (κ3) is 4.67. The molecule has 0 bridgehead atoms. The number of hydrogen-bond acceptors (Lipinski definition) is 6. The number of ether oxygens (including phenoxy) is 1. The standard InChI is InChI=1S/C22H23FN4O3S/c1-16-3-9-20(10-4-16)31(28,29)27-12-11-26(14-17(27)2)21-13-22(25-15-24-21)30-19-7-5-18(23)6-8-19/h3-10,13,15,17H,11-12,14H2,1-2H3/t17-/m0/s1. The van der Waals surface area contributed by atoms with Crippen molar-refractivity contribution in [1.29, 1.82) is 0 Å². The molecular weight excluding hydrogens is 419 g/mol. The third-order valence-electron chi connectivity index (χ3n) is 5.18. The van der Waals surface area contributed by atoms with E-state index < -0.39 is 10.0 Å². The molecule has 1 saturated heterocycles. The number of sulfonamides is 1. The molecule has 1 fully saturated rings. The van der Waals surface area contributed by atoms with Crippen molar-refractivity contribution in [2.24, 2.45) is 0 Å². The molecule has 1 atom stereocenters. The van der Waals surface area contributed by atoms with Crippen LogP contribution in [0, 0.1) is 12.7 Å². The maximum atomic E-state index is 13.1. The minimum absolute atomic E-state index is 0.239. The van der Waals surface area contributed by atoms with Gasteiger partial charge in [0, 0.05) is 31.7 Å². The predicted octanol–water partition coefficient (Wildman–Crippen LogP) is 3.62. The first-order valence-electron chi connectivity index (χ1n) is 9.92. The summed E-state index contributed by atoms with van der Waals surface area (Å²) in [6.45, 7) is 5.12. The van der Waals surface area contributed by atoms with E-state index in [-0.39, 0.29) is 11.9 Å². The molecule has 0 unspecified atom stereocenters. The minimum Gasteiger partial charge on any atom is -0.439 e. The monoisotopic (exact) mass is 442 g/mol. The number of rotatable bonds is 5. The first-order chi connectivity index (χ1) is 14.8. The van der Waals surface area contributed by atoms with Crippen molar-refractivity contribution in [3.63, 3.8) is 0 Å². The lowest BCUT2D eigenvalue weighted by atomic mass is 10.2. The van der Waals surface area contributed by atoms with Crippen LogP contribution in [0.1, 0.15) is 12.5 Å². The summed E-state index contributed by atoms with van der Waals surface area (Å²) < 4.78 is 46.4. The van der Waals surface area contributed by atoms with Crippen LogP contribution in [0.15, 0.2) is 65.8 Å². The molecular formula is C22H23FN4O3S. The average molecular weight is 443 g/mol. The summed E-state index contributed by atoms with van der Waals surface area (Å²) in [6.07, 6.45) is 1.40. The van der Waals surface area contributed by atoms with Gasteiger partial charge in [0.15, 0.2) is 0 Å². The van der Waals surface area contributed by atoms with Crippen LogP contribution < -0.4 is 9.64 Å². The fourth-order valence-electron chi connectivity index (χ4n) is 3.53. The summed E-state index contributed by atoms with van der Waals surface area (Å²) in [4.78, 5) is 10.7. The Morgan fingerprint density at radius 1 is 1.03 bits per heavy atom. The van der Waals surface area contributed by atoms with Crippen LogP contribution in [0.5, 0.6) is 11.6 Å². The molecule has 0 radical (unpaired) electrons. The molecule has 4 rings (SSSR count). The largest absolute Gasteiger partial charge is 0.439 e. The summed E-state index contributed by atoms with van der Waals surface area (Å²) in [7, 11) is -3.57. The Bertz CT molecular complexity index is 1150. The highest BCUT2D eigenvalue weighted by molar-refractivity contribution is 7.89. The quantitative estimate of drug-likeness (QED) is 0.601. The SMILES string of the molecule is Cc1ccc(S(=O)(=O)N2CCN(c3cc(Oc4ccc(F)cc4)ncn3)C[C@@H]2C)cc1. The van der Waals surface area contributed by atoms with E-state index in [2.05, 4.69) is 9.97 Å². The van der Waals surface area contributed by atoms with Crippen LogP contribution in [-0.4, -0.2) is 48.4 Å². The number of aryl methyl sites for hydroxylation is 1. The first-order valence-corrected chi connectivity index (χ1v) is 11.4. The summed E-state index contributed by atoms with van der Waals surface area (Å²) in [5.41, 5.74) is 1.01. The van der Waals surface area contributed by atoms with Gasteiger partial charge in [0.05, 0.1) is 4.90 Å². The lowest BCUT2D eigenvalue weighted by molar-refractivity contribution is 0.305. The van der Waals surface area contributed by atoms with E-state index in [1.807, 2.05) is 18.7 Å². The second-order valence-electron chi connectivity index (χ2n) is 7.49. The zero-order chi connectivity index (χ0) is 22.0. The molecule has 1 aromatic heterocycles. The third-order valence-corrected chi connectivity index (χ3v) is 7.21. The maximum absolute atomic E-state index is 13.1. The number of halogens is 1. The Morgan fingerprint density at radius 2 is 1.74 bits per heavy atom. The molecule has 0 N–H and O–H groups in total. The van der Waals surface area contributed by atoms with E-state index in [0.717, 1.165) is 5.56 Å². The van der Waals surface area contributed by atoms with Crippen molar-refractivity contribution in [3.8, 4) is 11.6 Å². The molecule has 2 heterocycles. The van der Waals surface area contributed by atoms with Gasteiger partial charge in [-0.1, -0.05) is 17.7 Å². The van der Waals surface area contributed by atoms with Crippen LogP contribution in [-0.2, 0) is 10.0 Å². The lowest BCUT2D eigenvalue weighted by Gasteiger charge is -2.39. The second-order valence-corrected chi connectivity index (χ2v) is 9.38. The van der Waals surface area contributed by atoms with Crippen molar-refractivity contribution in [3.05, 3.63) is 72.3 Å². The topological polar surface area (TPSA) is 75.6 Å². The number of hydrogen-bond donors (Lipinski definition) is 0. The number of nitrogens with zero attached hydrogens (tertiary/aromatic N) is 4. The molecule has 1 aliphatic rings. The Hall–Kier alpha value is -3.04. The Kier molecular flexibility index (Phi) is 5.88. The van der Waals surface area contributed by atoms with Crippen molar-refractivity contribution in [1.82, 2.24) is 14.3 Å². The van der Waals surface area contributed by atoms with Crippen molar-refractivity contribution in [2.45, 2.75) is 24.8 Å². The molecule has 3 aromatic rings. The zero-order valence-electron chi connectivity index (χ0n) is 17.3. The van der Waals surface area contributed by atoms with Gasteiger partial charge in [-0.15, -0.1) is 0 Å². The number of aromatic nitrogens is 2. The molecule has 0 aliphatic carbocycles. The van der Waals surface area contributed by atoms with Gasteiger partial charge in [-0.2, -0.15) is 4.31 Å². The summed E-state index contributed by atoms with van der Waals surface area (Å²) in [5, 5.41) is 0. The number of anilines is 1. The number of piperazine rings is 1. The van der Waals surface area contributed by atoms with Gasteiger partial charge in [-0.25, -0.2) is 22.8 Å². The zero-order valence-corrected chi connectivity index (χ0v) is 18.1. The number of benzene rings is 2. The first kappa shape index (κ1) is 21.2. The van der Waals surface area contributed by atoms with E-state index in [1.54, 1.807) is 30.3 Å². The van der Waals surface area contributed by atoms with E-state index in [1.165, 1.54) is 34.9 Å². The highest BCUT2D eigenvalue weighted by atomic mass is 32.2. The fraction of sp³-hybridized carbons (Fsp3) is 0.273. The second kappa shape index (κ2) is 8.60. The molecule has 7 nitrogen and oxygen atoms in total. The van der Waals surface area contributed by atoms with E-state index in [0.29, 0.717) is 42.0 Å². The Balaban J connectivity index is 1.47. The van der Waals surface area contributed by atoms with Gasteiger partial charge in [-0.05, 0) is 50.2 Å². The van der Waals surface area contributed by atoms with Crippen molar-refractivity contribution in [2.75, 3.05) is 24.5 Å². The molecule has 0 spiro atoms. The Morgan fingerprint density at radius 3 is 2.42 bits per heavy atom. The molecule has 0 amide bonds. The van der Waals surface area contributed by atoms with Crippen molar-refractivity contribution >= 4 is 15.8 Å². The highest BCUT2D eigenvalue weighted by Crippen LogP contribution is 2.26. The smallest absolute Gasteiger partial charge is 0.243 e. The molecule has 1 aliphatic heterocycles. The molecule has 9 heteroatoms. The van der Waals surface area contributed by atoms with Gasteiger partial charge in [0.2, 0.25) is 15.9 Å². The summed E-state index contributed by atoms with van der Waals surface area (Å²) >= 11 is 0. The van der Waals surface area contributed by atoms with Gasteiger partial charge in [0.25, 0.3) is 0 Å². The maximum Gasteiger partial charge on any atom is 0.243 e. The Labute approximate surface area is 181 Å². The van der Waals surface area contributed by atoms with Gasteiger partial charge in [-0.3, -0.25) is 0 Å². The highest BCUT2D eigenvalue weighted by Gasteiger charge is 2.34. The van der Waals surface area contributed by atoms with Gasteiger partial charge < -0.3 is 9.64 Å². The normalized spacial score (nSPS) is 17.5. The van der Waals surface area contributed by atoms with Crippen LogP contribution in [0.2, 0.25) is 0 Å². The van der Waals surface area contributed by atoms with E-state index in [4.69, 9.17) is 4.74 Å². The minimum atomic E-state index is -3.57. The molecule has 31 heavy (non-hydrogen) atoms. The van der Waals surface area contributed by atoms with Crippen LogP contribution in [0.4, 0.5) is 10.2 Å². The van der Waals surface area contributed by atoms with E-state index >= 15 is 0 Å². The average Bonchev–Trinajstić information content (AvgIpc) is 2.76. The van der Waals surface area contributed by atoms with E-state index in [9.17, 15) is 12.8 Å². The van der Waals surface area contributed by atoms with Crippen LogP contribution in [0.25, 0.3) is 0 Å². The molecule has 0 saturated carbocycles. The molecule has 2 aromatic carbocycles. The fourth-order valence-corrected chi connectivity index (χ4v) is 5.15. The van der Waals surface area contributed by atoms with Crippen LogP contribution in [0.3, 0.4) is 0 Å². The summed E-state index contributed by atoms with van der Waals surface area (Å²) in [5.74, 6) is 1.10. The van der Waals surface area contributed by atoms with Gasteiger partial charge in [0.1, 0.15) is 23.7 Å². The van der Waals surface area contributed by atoms with Gasteiger partial charge >= 0.3 is 0 Å². The van der Waals surface area contributed by atoms with Crippen LogP contribution >= 0.6 is 0 Å². The molecule has 162 valence electrons.